The number of carbonyl (C=O) groups excluding carboxylic acids is 1. The maximum Gasteiger partial charge on any atom is 0.349 e. The number of hydrogen-bond donors (Lipinski definition) is 0. The average Bonchev–Trinajstić information content (AvgIpc) is 2.77. The number of esters is 1. The number of hydrogen-bond acceptors (Lipinski definition) is 9. The van der Waals surface area contributed by atoms with Crippen LogP contribution in [0.1, 0.15) is 59.9 Å². The van der Waals surface area contributed by atoms with Gasteiger partial charge in [-0.3, -0.25) is 10.1 Å². The van der Waals surface area contributed by atoms with Gasteiger partial charge in [0, 0.05) is 35.5 Å². The summed E-state index contributed by atoms with van der Waals surface area (Å²) >= 11 is 1.34. The van der Waals surface area contributed by atoms with Gasteiger partial charge in [-0.05, 0) is 52.9 Å². The highest BCUT2D eigenvalue weighted by Crippen LogP contribution is 2.38. The quantitative estimate of drug-likeness (QED) is 0.0589. The minimum Gasteiger partial charge on any atom is -0.456 e. The molecule has 0 radical (unpaired) electrons. The molecule has 0 aliphatic rings. The van der Waals surface area contributed by atoms with Crippen LogP contribution >= 0.6 is 11.8 Å². The van der Waals surface area contributed by atoms with Crippen LogP contribution in [0.3, 0.4) is 0 Å². The Morgan fingerprint density at radius 3 is 2.46 bits per heavy atom. The normalized spacial score (nSPS) is 11.9. The van der Waals surface area contributed by atoms with E-state index < -0.39 is 22.1 Å². The molecule has 1 heterocycles. The lowest BCUT2D eigenvalue weighted by Crippen LogP contribution is -2.24. The van der Waals surface area contributed by atoms with Crippen molar-refractivity contribution >= 4 is 46.2 Å². The van der Waals surface area contributed by atoms with Gasteiger partial charge in [-0.15, -0.1) is 11.8 Å². The van der Waals surface area contributed by atoms with Gasteiger partial charge < -0.3 is 14.1 Å². The Labute approximate surface area is 208 Å². The molecule has 0 spiro atoms. The van der Waals surface area contributed by atoms with Crippen molar-refractivity contribution < 1.29 is 18.9 Å². The number of rotatable bonds is 10. The van der Waals surface area contributed by atoms with Crippen LogP contribution < -0.4 is 10.5 Å². The predicted octanol–water partition coefficient (Wildman–Crippen LogP) is 5.69. The summed E-state index contributed by atoms with van der Waals surface area (Å²) in [5.74, 6) is -0.234. The van der Waals surface area contributed by atoms with Crippen molar-refractivity contribution in [2.45, 2.75) is 64.9 Å². The van der Waals surface area contributed by atoms with E-state index in [-0.39, 0.29) is 22.4 Å². The summed E-state index contributed by atoms with van der Waals surface area (Å²) in [6.07, 6.45) is 2.90. The van der Waals surface area contributed by atoms with E-state index in [0.717, 1.165) is 18.9 Å². The highest BCUT2D eigenvalue weighted by atomic mass is 32.2. The lowest BCUT2D eigenvalue weighted by atomic mass is 10.1. The summed E-state index contributed by atoms with van der Waals surface area (Å²) < 4.78 is 10.8. The van der Waals surface area contributed by atoms with Gasteiger partial charge in [0.05, 0.1) is 10.5 Å². The fourth-order valence-corrected chi connectivity index (χ4v) is 4.64. The number of fused-ring (bicyclic) bond motifs is 1. The molecule has 0 aliphatic heterocycles. The highest BCUT2D eigenvalue weighted by molar-refractivity contribution is 7.99. The SMILES string of the molecule is CCCCSc1c(/C=C(\C#N)C(=O)OC(C)(C)C)c(=O)oc2cc(N(CC)CC)c([N+](=O)[O-])cc12. The van der Waals surface area contributed by atoms with Crippen molar-refractivity contribution in [3.63, 3.8) is 0 Å². The molecule has 0 saturated heterocycles. The number of carbonyl (C=O) groups is 1. The van der Waals surface area contributed by atoms with Crippen LogP contribution in [0.2, 0.25) is 0 Å². The molecular weight excluding hydrogens is 470 g/mol. The second kappa shape index (κ2) is 11.9. The van der Waals surface area contributed by atoms with E-state index in [4.69, 9.17) is 9.15 Å². The molecule has 2 aromatic rings. The number of anilines is 1. The maximum absolute atomic E-state index is 13.1. The first-order valence-electron chi connectivity index (χ1n) is 11.5. The number of unbranched alkanes of at least 4 members (excludes halogenated alkanes) is 1. The van der Waals surface area contributed by atoms with Crippen LogP contribution in [-0.2, 0) is 9.53 Å². The van der Waals surface area contributed by atoms with Crippen molar-refractivity contribution in [3.8, 4) is 6.07 Å². The highest BCUT2D eigenvalue weighted by Gasteiger charge is 2.25. The summed E-state index contributed by atoms with van der Waals surface area (Å²) in [6, 6.07) is 4.71. The van der Waals surface area contributed by atoms with Crippen LogP contribution in [0, 0.1) is 21.4 Å². The Morgan fingerprint density at radius 2 is 1.94 bits per heavy atom. The monoisotopic (exact) mass is 501 g/mol. The van der Waals surface area contributed by atoms with Gasteiger partial charge in [0.2, 0.25) is 0 Å². The number of nitrogens with zero attached hydrogens (tertiary/aromatic N) is 3. The second-order valence-corrected chi connectivity index (χ2v) is 9.88. The lowest BCUT2D eigenvalue weighted by molar-refractivity contribution is -0.384. The molecule has 188 valence electrons. The predicted molar refractivity (Wildman–Crippen MR) is 138 cm³/mol. The fraction of sp³-hybridized carbons (Fsp3) is 0.480. The van der Waals surface area contributed by atoms with E-state index in [1.165, 1.54) is 23.9 Å². The molecule has 35 heavy (non-hydrogen) atoms. The zero-order valence-corrected chi connectivity index (χ0v) is 21.8. The summed E-state index contributed by atoms with van der Waals surface area (Å²) in [5, 5.41) is 21.9. The number of benzene rings is 1. The van der Waals surface area contributed by atoms with Crippen molar-refractivity contribution in [1.82, 2.24) is 0 Å². The van der Waals surface area contributed by atoms with Crippen LogP contribution in [0.4, 0.5) is 11.4 Å². The summed E-state index contributed by atoms with van der Waals surface area (Å²) in [4.78, 5) is 39.3. The van der Waals surface area contributed by atoms with Gasteiger partial charge in [-0.25, -0.2) is 9.59 Å². The van der Waals surface area contributed by atoms with E-state index in [2.05, 4.69) is 0 Å². The van der Waals surface area contributed by atoms with E-state index in [1.54, 1.807) is 26.8 Å². The Kier molecular flexibility index (Phi) is 9.48. The minimum absolute atomic E-state index is 0.00843. The second-order valence-electron chi connectivity index (χ2n) is 8.77. The third-order valence-electron chi connectivity index (χ3n) is 5.06. The molecule has 2 rings (SSSR count). The molecule has 0 saturated carbocycles. The molecule has 0 amide bonds. The standard InChI is InChI=1S/C25H31N3O6S/c1-7-10-11-35-22-17-13-20(28(31)32)19(27(8-2)9-3)14-21(17)33-24(30)18(22)12-16(15-26)23(29)34-25(4,5)6/h12-14H,7-11H2,1-6H3/b16-12+. The number of nitriles is 1. The molecule has 1 aromatic heterocycles. The first-order chi connectivity index (χ1) is 16.5. The van der Waals surface area contributed by atoms with Crippen LogP contribution in [0.25, 0.3) is 17.0 Å². The molecule has 0 N–H and O–H groups in total. The molecular formula is C25H31N3O6S. The van der Waals surface area contributed by atoms with Crippen molar-refractivity contribution in [3.05, 3.63) is 43.8 Å². The first-order valence-corrected chi connectivity index (χ1v) is 12.5. The van der Waals surface area contributed by atoms with Gasteiger partial charge in [-0.2, -0.15) is 5.26 Å². The molecule has 0 aliphatic carbocycles. The average molecular weight is 502 g/mol. The van der Waals surface area contributed by atoms with E-state index >= 15 is 0 Å². The minimum atomic E-state index is -0.869. The molecule has 9 nitrogen and oxygen atoms in total. The summed E-state index contributed by atoms with van der Waals surface area (Å²) in [5.41, 5.74) is -1.50. The number of nitro groups is 1. The molecule has 0 bridgehead atoms. The van der Waals surface area contributed by atoms with Gasteiger partial charge in [0.25, 0.3) is 5.69 Å². The number of nitro benzene ring substituents is 1. The van der Waals surface area contributed by atoms with E-state index in [9.17, 15) is 25.0 Å². The van der Waals surface area contributed by atoms with E-state index in [1.807, 2.05) is 25.7 Å². The third kappa shape index (κ3) is 6.85. The van der Waals surface area contributed by atoms with Gasteiger partial charge in [0.1, 0.15) is 28.5 Å². The topological polar surface area (TPSA) is 127 Å². The van der Waals surface area contributed by atoms with Crippen LogP contribution in [0.15, 0.2) is 31.8 Å². The largest absolute Gasteiger partial charge is 0.456 e. The Hall–Kier alpha value is -3.32. The zero-order chi connectivity index (χ0) is 26.3. The molecule has 0 atom stereocenters. The molecule has 0 fully saturated rings. The van der Waals surface area contributed by atoms with Crippen molar-refractivity contribution in [2.24, 2.45) is 0 Å². The summed E-state index contributed by atoms with van der Waals surface area (Å²) in [7, 11) is 0. The Balaban J connectivity index is 2.86. The zero-order valence-electron chi connectivity index (χ0n) is 21.0. The Bertz CT molecular complexity index is 1230. The van der Waals surface area contributed by atoms with Crippen molar-refractivity contribution in [1.29, 1.82) is 5.26 Å². The molecule has 0 unspecified atom stereocenters. The van der Waals surface area contributed by atoms with E-state index in [0.29, 0.717) is 34.8 Å². The van der Waals surface area contributed by atoms with Gasteiger partial charge in [0.15, 0.2) is 0 Å². The van der Waals surface area contributed by atoms with Gasteiger partial charge >= 0.3 is 11.6 Å². The number of ether oxygens (including phenoxy) is 1. The molecule has 1 aromatic carbocycles. The van der Waals surface area contributed by atoms with Crippen LogP contribution in [0.5, 0.6) is 0 Å². The number of thioether (sulfide) groups is 1. The smallest absolute Gasteiger partial charge is 0.349 e. The summed E-state index contributed by atoms with van der Waals surface area (Å²) in [6.45, 7) is 11.9. The fourth-order valence-electron chi connectivity index (χ4n) is 3.39. The van der Waals surface area contributed by atoms with Gasteiger partial charge in [-0.1, -0.05) is 13.3 Å². The Morgan fingerprint density at radius 1 is 1.29 bits per heavy atom. The lowest BCUT2D eigenvalue weighted by Gasteiger charge is -2.21. The van der Waals surface area contributed by atoms with Crippen LogP contribution in [-0.4, -0.2) is 35.3 Å². The molecule has 10 heteroatoms. The third-order valence-corrected chi connectivity index (χ3v) is 6.28. The van der Waals surface area contributed by atoms with Crippen molar-refractivity contribution in [2.75, 3.05) is 23.7 Å². The first kappa shape index (κ1) is 27.9. The maximum atomic E-state index is 13.1.